The van der Waals surface area contributed by atoms with Crippen LogP contribution in [0, 0.1) is 0 Å². The first kappa shape index (κ1) is 20.5. The smallest absolute Gasteiger partial charge is 0.324 e. The van der Waals surface area contributed by atoms with Crippen molar-refractivity contribution in [2.75, 3.05) is 12.4 Å². The summed E-state index contributed by atoms with van der Waals surface area (Å²) < 4.78 is 5.34. The molecule has 160 valence electrons. The molecule has 0 spiro atoms. The van der Waals surface area contributed by atoms with Gasteiger partial charge in [-0.1, -0.05) is 66.7 Å². The second-order valence-electron chi connectivity index (χ2n) is 7.69. The van der Waals surface area contributed by atoms with Gasteiger partial charge in [-0.2, -0.15) is 0 Å². The number of carbonyl (C=O) groups excluding carboxylic acids is 2. The molecule has 0 saturated carbocycles. The molecule has 0 aliphatic carbocycles. The number of hydrogen-bond donors (Lipinski definition) is 2. The number of carbonyl (C=O) groups is 2. The fraction of sp³-hybridized carbons (Fsp3) is 0.154. The molecule has 5 nitrogen and oxygen atoms in total. The lowest BCUT2D eigenvalue weighted by Crippen LogP contribution is -2.36. The molecule has 3 aromatic carbocycles. The lowest BCUT2D eigenvalue weighted by atomic mass is 10.0. The molecule has 6 heteroatoms. The van der Waals surface area contributed by atoms with Crippen LogP contribution in [0.25, 0.3) is 22.0 Å². The lowest BCUT2D eigenvalue weighted by Gasteiger charge is -2.14. The Morgan fingerprint density at radius 3 is 2.50 bits per heavy atom. The van der Waals surface area contributed by atoms with E-state index >= 15 is 0 Å². The van der Waals surface area contributed by atoms with Crippen molar-refractivity contribution in [2.24, 2.45) is 0 Å². The molecule has 1 aliphatic rings. The van der Waals surface area contributed by atoms with Gasteiger partial charge in [-0.3, -0.25) is 14.9 Å². The Morgan fingerprint density at radius 1 is 0.906 bits per heavy atom. The van der Waals surface area contributed by atoms with Gasteiger partial charge >= 0.3 is 5.97 Å². The van der Waals surface area contributed by atoms with E-state index in [-0.39, 0.29) is 17.8 Å². The SMILES string of the molecule is O=C(COC(=O)[C@@H]1CS[C@@H](c2cccc3[nH]ccc23)N1)c1ccc(-c2ccccc2)cc1. The van der Waals surface area contributed by atoms with Crippen molar-refractivity contribution in [3.05, 3.63) is 96.2 Å². The molecule has 1 saturated heterocycles. The third-order valence-corrected chi connectivity index (χ3v) is 6.89. The Kier molecular flexibility index (Phi) is 5.79. The van der Waals surface area contributed by atoms with Crippen LogP contribution in [0.3, 0.4) is 0 Å². The van der Waals surface area contributed by atoms with Gasteiger partial charge in [-0.05, 0) is 28.8 Å². The molecule has 4 aromatic rings. The number of aromatic amines is 1. The molecule has 0 unspecified atom stereocenters. The lowest BCUT2D eigenvalue weighted by molar-refractivity contribution is -0.144. The predicted molar refractivity (Wildman–Crippen MR) is 128 cm³/mol. The summed E-state index contributed by atoms with van der Waals surface area (Å²) in [5, 5.41) is 4.49. The molecule has 5 rings (SSSR count). The van der Waals surface area contributed by atoms with E-state index < -0.39 is 12.0 Å². The number of nitrogens with one attached hydrogen (secondary N) is 2. The quantitative estimate of drug-likeness (QED) is 0.326. The van der Waals surface area contributed by atoms with Crippen LogP contribution < -0.4 is 5.32 Å². The fourth-order valence-electron chi connectivity index (χ4n) is 3.93. The highest BCUT2D eigenvalue weighted by Gasteiger charge is 2.32. The van der Waals surface area contributed by atoms with Crippen LogP contribution in [-0.2, 0) is 9.53 Å². The van der Waals surface area contributed by atoms with E-state index in [1.54, 1.807) is 23.9 Å². The molecule has 32 heavy (non-hydrogen) atoms. The van der Waals surface area contributed by atoms with Crippen LogP contribution in [-0.4, -0.2) is 35.1 Å². The van der Waals surface area contributed by atoms with Crippen molar-refractivity contribution in [3.8, 4) is 11.1 Å². The topological polar surface area (TPSA) is 71.2 Å². The third kappa shape index (κ3) is 4.20. The molecule has 0 radical (unpaired) electrons. The zero-order valence-corrected chi connectivity index (χ0v) is 18.1. The standard InChI is InChI=1S/C26H22N2O3S/c29-24(19-11-9-18(10-12-19)17-5-2-1-3-6-17)15-31-26(30)23-16-32-25(28-23)21-7-4-8-22-20(21)13-14-27-22/h1-14,23,25,27-28H,15-16H2/t23-,25-/m0/s1. The maximum Gasteiger partial charge on any atom is 0.324 e. The van der Waals surface area contributed by atoms with Crippen LogP contribution in [0.5, 0.6) is 0 Å². The highest BCUT2D eigenvalue weighted by molar-refractivity contribution is 7.99. The normalized spacial score (nSPS) is 18.0. The number of esters is 1. The van der Waals surface area contributed by atoms with Crippen molar-refractivity contribution >= 4 is 34.4 Å². The Hall–Kier alpha value is -3.35. The molecule has 2 N–H and O–H groups in total. The monoisotopic (exact) mass is 442 g/mol. The van der Waals surface area contributed by atoms with Crippen molar-refractivity contribution in [2.45, 2.75) is 11.4 Å². The number of ether oxygens (including phenoxy) is 1. The van der Waals surface area contributed by atoms with E-state index in [1.807, 2.05) is 66.9 Å². The molecular weight excluding hydrogens is 420 g/mol. The maximum absolute atomic E-state index is 12.6. The second kappa shape index (κ2) is 9.02. The van der Waals surface area contributed by atoms with Gasteiger partial charge in [0.1, 0.15) is 6.04 Å². The number of fused-ring (bicyclic) bond motifs is 1. The fourth-order valence-corrected chi connectivity index (χ4v) is 5.19. The summed E-state index contributed by atoms with van der Waals surface area (Å²) in [6, 6.07) is 25.0. The van der Waals surface area contributed by atoms with Crippen LogP contribution in [0.1, 0.15) is 21.3 Å². The molecule has 0 bridgehead atoms. The van der Waals surface area contributed by atoms with Gasteiger partial charge in [-0.25, -0.2) is 0 Å². The van der Waals surface area contributed by atoms with Gasteiger partial charge in [-0.15, -0.1) is 11.8 Å². The molecule has 1 aliphatic heterocycles. The van der Waals surface area contributed by atoms with Gasteiger partial charge in [0.25, 0.3) is 0 Å². The number of aromatic nitrogens is 1. The number of H-pyrrole nitrogens is 1. The number of benzene rings is 3. The van der Waals surface area contributed by atoms with Crippen molar-refractivity contribution in [3.63, 3.8) is 0 Å². The highest BCUT2D eigenvalue weighted by Crippen LogP contribution is 2.36. The summed E-state index contributed by atoms with van der Waals surface area (Å²) >= 11 is 1.67. The molecule has 2 atom stereocenters. The zero-order chi connectivity index (χ0) is 21.9. The summed E-state index contributed by atoms with van der Waals surface area (Å²) in [6.45, 7) is -0.260. The van der Waals surface area contributed by atoms with Crippen LogP contribution in [0.15, 0.2) is 85.1 Å². The van der Waals surface area contributed by atoms with Gasteiger partial charge in [0.2, 0.25) is 0 Å². The Labute approximate surface area is 190 Å². The van der Waals surface area contributed by atoms with Gasteiger partial charge in [0, 0.05) is 28.4 Å². The summed E-state index contributed by atoms with van der Waals surface area (Å²) in [4.78, 5) is 28.3. The molecule has 0 amide bonds. The average Bonchev–Trinajstić information content (AvgIpc) is 3.53. The summed E-state index contributed by atoms with van der Waals surface area (Å²) in [7, 11) is 0. The Bertz CT molecular complexity index is 1250. The van der Waals surface area contributed by atoms with E-state index in [2.05, 4.69) is 16.4 Å². The summed E-state index contributed by atoms with van der Waals surface area (Å²) in [5.74, 6) is -0.00247. The highest BCUT2D eigenvalue weighted by atomic mass is 32.2. The predicted octanol–water partition coefficient (Wildman–Crippen LogP) is 4.96. The minimum Gasteiger partial charge on any atom is -0.456 e. The first-order chi connectivity index (χ1) is 15.7. The molecular formula is C26H22N2O3S. The van der Waals surface area contributed by atoms with Crippen molar-refractivity contribution in [1.29, 1.82) is 0 Å². The first-order valence-electron chi connectivity index (χ1n) is 10.5. The Balaban J connectivity index is 1.17. The van der Waals surface area contributed by atoms with Crippen LogP contribution >= 0.6 is 11.8 Å². The number of ketones is 1. The third-order valence-electron chi connectivity index (χ3n) is 5.64. The van der Waals surface area contributed by atoms with E-state index in [4.69, 9.17) is 4.74 Å². The van der Waals surface area contributed by atoms with Gasteiger partial charge in [0.05, 0.1) is 5.37 Å². The average molecular weight is 443 g/mol. The number of hydrogen-bond acceptors (Lipinski definition) is 5. The molecule has 2 heterocycles. The van der Waals surface area contributed by atoms with Crippen molar-refractivity contribution in [1.82, 2.24) is 10.3 Å². The minimum atomic E-state index is -0.438. The number of rotatable bonds is 6. The van der Waals surface area contributed by atoms with Gasteiger partial charge < -0.3 is 9.72 Å². The number of Topliss-reactive ketones (excluding diaryl/α,β-unsaturated/α-hetero) is 1. The summed E-state index contributed by atoms with van der Waals surface area (Å²) in [5.41, 5.74) is 4.86. The van der Waals surface area contributed by atoms with E-state index in [9.17, 15) is 9.59 Å². The second-order valence-corrected chi connectivity index (χ2v) is 8.83. The zero-order valence-electron chi connectivity index (χ0n) is 17.3. The largest absolute Gasteiger partial charge is 0.456 e. The van der Waals surface area contributed by atoms with Crippen LogP contribution in [0.4, 0.5) is 0 Å². The van der Waals surface area contributed by atoms with E-state index in [1.165, 1.54) is 0 Å². The van der Waals surface area contributed by atoms with Crippen LogP contribution in [0.2, 0.25) is 0 Å². The van der Waals surface area contributed by atoms with E-state index in [0.717, 1.165) is 27.6 Å². The first-order valence-corrected chi connectivity index (χ1v) is 11.5. The summed E-state index contributed by atoms with van der Waals surface area (Å²) in [6.07, 6.45) is 1.91. The van der Waals surface area contributed by atoms with Gasteiger partial charge in [0.15, 0.2) is 12.4 Å². The molecule has 1 aromatic heterocycles. The van der Waals surface area contributed by atoms with E-state index in [0.29, 0.717) is 11.3 Å². The maximum atomic E-state index is 12.6. The molecule has 1 fully saturated rings. The number of thioether (sulfide) groups is 1. The Morgan fingerprint density at radius 2 is 1.69 bits per heavy atom. The van der Waals surface area contributed by atoms with Crippen molar-refractivity contribution < 1.29 is 14.3 Å². The minimum absolute atomic E-state index is 0.00767.